The van der Waals surface area contributed by atoms with Crippen LogP contribution in [-0.2, 0) is 4.79 Å². The molecule has 182 valence electrons. The monoisotopic (exact) mass is 460 g/mol. The number of aliphatic hydroxyl groups excluding tert-OH is 1. The van der Waals surface area contributed by atoms with Crippen molar-refractivity contribution in [3.05, 3.63) is 77.1 Å². The lowest BCUT2D eigenvalue weighted by Gasteiger charge is -2.28. The van der Waals surface area contributed by atoms with Crippen LogP contribution in [-0.4, -0.2) is 22.0 Å². The minimum absolute atomic E-state index is 0.0178. The molecule has 2 aliphatic rings. The van der Waals surface area contributed by atoms with E-state index in [0.29, 0.717) is 5.92 Å². The van der Waals surface area contributed by atoms with Crippen LogP contribution < -0.4 is 5.32 Å². The molecule has 0 radical (unpaired) electrons. The summed E-state index contributed by atoms with van der Waals surface area (Å²) < 4.78 is 0. The Morgan fingerprint density at radius 3 is 2.53 bits per heavy atom. The summed E-state index contributed by atoms with van der Waals surface area (Å²) in [5, 5.41) is 14.1. The van der Waals surface area contributed by atoms with E-state index in [1.807, 2.05) is 37.4 Å². The number of carbonyl (C=O) groups excluding carboxylic acids is 1. The third-order valence-corrected chi connectivity index (χ3v) is 8.46. The molecule has 0 bridgehead atoms. The molecule has 2 aromatic rings. The van der Waals surface area contributed by atoms with E-state index >= 15 is 0 Å². The van der Waals surface area contributed by atoms with Gasteiger partial charge in [-0.25, -0.2) is 0 Å². The lowest BCUT2D eigenvalue weighted by atomic mass is 9.83. The maximum atomic E-state index is 13.5. The molecule has 4 heteroatoms. The third kappa shape index (κ3) is 4.93. The van der Waals surface area contributed by atoms with Gasteiger partial charge in [-0.2, -0.15) is 0 Å². The van der Waals surface area contributed by atoms with Gasteiger partial charge in [0.2, 0.25) is 5.91 Å². The first kappa shape index (κ1) is 24.5. The van der Waals surface area contributed by atoms with Crippen molar-refractivity contribution in [1.82, 2.24) is 10.3 Å². The second kappa shape index (κ2) is 9.95. The number of aryl methyl sites for hydroxylation is 3. The van der Waals surface area contributed by atoms with E-state index < -0.39 is 6.10 Å². The highest BCUT2D eigenvalue weighted by Gasteiger charge is 2.53. The van der Waals surface area contributed by atoms with Crippen molar-refractivity contribution in [1.29, 1.82) is 0 Å². The fourth-order valence-electron chi connectivity index (χ4n) is 5.91. The SMILES string of the molecule is C=C/C=C(\c1cc[nH]c1C)C1CC[C@H](C(=O)N[C@@H](C)[C@@H](O)c2ccc(C)c(C)c2)C2(CC1)CC2. The average molecular weight is 461 g/mol. The number of amides is 1. The van der Waals surface area contributed by atoms with Crippen LogP contribution in [0.25, 0.3) is 5.57 Å². The third-order valence-electron chi connectivity index (χ3n) is 8.46. The Kier molecular flexibility index (Phi) is 7.18. The largest absolute Gasteiger partial charge is 0.386 e. The second-order valence-corrected chi connectivity index (χ2v) is 10.7. The molecule has 4 atom stereocenters. The molecule has 1 spiro atoms. The van der Waals surface area contributed by atoms with Gasteiger partial charge in [0.25, 0.3) is 0 Å². The molecule has 2 saturated carbocycles. The lowest BCUT2D eigenvalue weighted by Crippen LogP contribution is -2.43. The Bertz CT molecular complexity index is 1080. The zero-order chi connectivity index (χ0) is 24.5. The molecule has 1 aromatic heterocycles. The number of hydrogen-bond donors (Lipinski definition) is 3. The van der Waals surface area contributed by atoms with Gasteiger partial charge in [0.05, 0.1) is 12.1 Å². The summed E-state index contributed by atoms with van der Waals surface area (Å²) in [7, 11) is 0. The first-order chi connectivity index (χ1) is 16.3. The Morgan fingerprint density at radius 1 is 1.15 bits per heavy atom. The maximum absolute atomic E-state index is 13.5. The zero-order valence-electron chi connectivity index (χ0n) is 21.2. The summed E-state index contributed by atoms with van der Waals surface area (Å²) in [6, 6.07) is 7.85. The second-order valence-electron chi connectivity index (χ2n) is 10.7. The Balaban J connectivity index is 1.46. The van der Waals surface area contributed by atoms with Crippen LogP contribution in [0.2, 0.25) is 0 Å². The highest BCUT2D eigenvalue weighted by Crippen LogP contribution is 2.60. The summed E-state index contributed by atoms with van der Waals surface area (Å²) in [5.41, 5.74) is 7.14. The summed E-state index contributed by atoms with van der Waals surface area (Å²) in [4.78, 5) is 16.8. The molecule has 3 N–H and O–H groups in total. The van der Waals surface area contributed by atoms with Gasteiger partial charge in [-0.1, -0.05) is 36.9 Å². The predicted molar refractivity (Wildman–Crippen MR) is 139 cm³/mol. The molecular formula is C30H40N2O2. The van der Waals surface area contributed by atoms with Gasteiger partial charge in [0.15, 0.2) is 0 Å². The molecule has 4 rings (SSSR count). The lowest BCUT2D eigenvalue weighted by molar-refractivity contribution is -0.129. The van der Waals surface area contributed by atoms with E-state index in [-0.39, 0.29) is 23.3 Å². The molecule has 1 amide bonds. The molecule has 0 aliphatic heterocycles. The topological polar surface area (TPSA) is 65.1 Å². The zero-order valence-corrected chi connectivity index (χ0v) is 21.2. The highest BCUT2D eigenvalue weighted by molar-refractivity contribution is 5.80. The van der Waals surface area contributed by atoms with Crippen LogP contribution in [0.4, 0.5) is 0 Å². The van der Waals surface area contributed by atoms with E-state index in [9.17, 15) is 9.90 Å². The number of aliphatic hydroxyl groups is 1. The van der Waals surface area contributed by atoms with Crippen molar-refractivity contribution in [2.75, 3.05) is 0 Å². The first-order valence-corrected chi connectivity index (χ1v) is 12.8. The number of aromatic nitrogens is 1. The fraction of sp³-hybridized carbons (Fsp3) is 0.500. The van der Waals surface area contributed by atoms with Crippen molar-refractivity contribution >= 4 is 11.5 Å². The molecule has 2 aliphatic carbocycles. The van der Waals surface area contributed by atoms with E-state index in [0.717, 1.165) is 49.7 Å². The molecular weight excluding hydrogens is 420 g/mol. The van der Waals surface area contributed by atoms with Crippen molar-refractivity contribution in [2.24, 2.45) is 17.3 Å². The van der Waals surface area contributed by atoms with Gasteiger partial charge in [-0.15, -0.1) is 0 Å². The molecule has 1 heterocycles. The van der Waals surface area contributed by atoms with Crippen LogP contribution >= 0.6 is 0 Å². The molecule has 1 unspecified atom stereocenters. The number of H-pyrrole nitrogens is 1. The van der Waals surface area contributed by atoms with E-state index in [2.05, 4.69) is 49.8 Å². The van der Waals surface area contributed by atoms with Gasteiger partial charge in [0.1, 0.15) is 0 Å². The smallest absolute Gasteiger partial charge is 0.223 e. The Morgan fingerprint density at radius 2 is 1.91 bits per heavy atom. The molecule has 1 aromatic carbocycles. The Hall–Kier alpha value is -2.59. The van der Waals surface area contributed by atoms with Crippen LogP contribution in [0.15, 0.2) is 49.2 Å². The number of allylic oxidation sites excluding steroid dienone is 3. The van der Waals surface area contributed by atoms with Gasteiger partial charge in [-0.3, -0.25) is 4.79 Å². The minimum atomic E-state index is -0.712. The van der Waals surface area contributed by atoms with E-state index in [1.165, 1.54) is 22.4 Å². The quantitative estimate of drug-likeness (QED) is 0.423. The minimum Gasteiger partial charge on any atom is -0.386 e. The summed E-state index contributed by atoms with van der Waals surface area (Å²) in [5.74, 6) is 0.561. The number of benzene rings is 1. The van der Waals surface area contributed by atoms with Gasteiger partial charge in [0, 0.05) is 17.8 Å². The summed E-state index contributed by atoms with van der Waals surface area (Å²) in [6.45, 7) is 12.1. The summed E-state index contributed by atoms with van der Waals surface area (Å²) >= 11 is 0. The summed E-state index contributed by atoms with van der Waals surface area (Å²) in [6.07, 6.45) is 11.7. The van der Waals surface area contributed by atoms with Crippen molar-refractivity contribution in [2.45, 2.75) is 78.4 Å². The number of hydrogen-bond acceptors (Lipinski definition) is 2. The predicted octanol–water partition coefficient (Wildman–Crippen LogP) is 6.33. The Labute approximate surface area is 204 Å². The fourth-order valence-corrected chi connectivity index (χ4v) is 5.91. The van der Waals surface area contributed by atoms with E-state index in [4.69, 9.17) is 0 Å². The molecule has 4 nitrogen and oxygen atoms in total. The van der Waals surface area contributed by atoms with Gasteiger partial charge in [-0.05, 0) is 111 Å². The van der Waals surface area contributed by atoms with Crippen LogP contribution in [0.3, 0.4) is 0 Å². The van der Waals surface area contributed by atoms with Crippen LogP contribution in [0, 0.1) is 38.0 Å². The highest BCUT2D eigenvalue weighted by atomic mass is 16.3. The number of aromatic amines is 1. The van der Waals surface area contributed by atoms with Crippen LogP contribution in [0.1, 0.15) is 79.5 Å². The number of carbonyl (C=O) groups is 1. The molecule has 2 fully saturated rings. The maximum Gasteiger partial charge on any atom is 0.223 e. The van der Waals surface area contributed by atoms with Crippen LogP contribution in [0.5, 0.6) is 0 Å². The van der Waals surface area contributed by atoms with Crippen molar-refractivity contribution < 1.29 is 9.90 Å². The van der Waals surface area contributed by atoms with Crippen molar-refractivity contribution in [3.63, 3.8) is 0 Å². The standard InChI is InChI=1S/C30H40N2O2/c1-6-7-26(25-13-17-31-21(25)4)23-10-11-27(30(14-12-23)15-16-30)29(34)32-22(5)28(33)24-9-8-19(2)20(3)18-24/h6-9,13,17-18,22-23,27-28,31,33H,1,10-12,14-16H2,2-5H3,(H,32,34)/b26-7-/t22-,23?,27+,28+/m0/s1. The normalized spacial score (nSPS) is 23.7. The molecule has 34 heavy (non-hydrogen) atoms. The van der Waals surface area contributed by atoms with Crippen molar-refractivity contribution in [3.8, 4) is 0 Å². The first-order valence-electron chi connectivity index (χ1n) is 12.8. The van der Waals surface area contributed by atoms with E-state index in [1.54, 1.807) is 0 Å². The number of nitrogens with one attached hydrogen (secondary N) is 2. The average Bonchev–Trinajstić information content (AvgIpc) is 3.52. The number of rotatable bonds is 7. The van der Waals surface area contributed by atoms with Gasteiger partial charge >= 0.3 is 0 Å². The van der Waals surface area contributed by atoms with Gasteiger partial charge < -0.3 is 15.4 Å². The molecule has 0 saturated heterocycles.